The number of hydrogen-bond donors (Lipinski definition) is 0. The van der Waals surface area contributed by atoms with Crippen LogP contribution >= 0.6 is 13.6 Å². The fourth-order valence-electron chi connectivity index (χ4n) is 1.10. The Morgan fingerprint density at radius 3 is 2.15 bits per heavy atom. The first kappa shape index (κ1) is 13.1. The van der Waals surface area contributed by atoms with Gasteiger partial charge in [0.05, 0.1) is 6.61 Å². The molecule has 0 atom stereocenters. The maximum atomic E-state index is 5.35. The van der Waals surface area contributed by atoms with Crippen molar-refractivity contribution in [1.29, 1.82) is 0 Å². The molecule has 3 heteroatoms. The molecule has 1 nitrogen and oxygen atoms in total. The van der Waals surface area contributed by atoms with Gasteiger partial charge in [0.15, 0.2) is 0 Å². The average Bonchev–Trinajstić information content (AvgIpc) is 2.06. The molecule has 0 bridgehead atoms. The maximum absolute atomic E-state index is 5.35. The summed E-state index contributed by atoms with van der Waals surface area (Å²) in [5.74, 6) is 0.946. The van der Waals surface area contributed by atoms with Gasteiger partial charge >= 0.3 is 30.0 Å². The predicted molar refractivity (Wildman–Crippen MR) is 54.8 cm³/mol. The average molecular weight is 295 g/mol. The third-order valence-corrected chi connectivity index (χ3v) is 1.42. The van der Waals surface area contributed by atoms with Crippen molar-refractivity contribution in [2.45, 2.75) is 20.8 Å². The third kappa shape index (κ3) is 5.43. The van der Waals surface area contributed by atoms with Gasteiger partial charge in [-0.2, -0.15) is 17.2 Å². The molecule has 0 fully saturated rings. The van der Waals surface area contributed by atoms with E-state index in [1.807, 2.05) is 32.9 Å². The first-order valence-electron chi connectivity index (χ1n) is 4.12. The summed E-state index contributed by atoms with van der Waals surface area (Å²) in [5, 5.41) is 0. The van der Waals surface area contributed by atoms with E-state index in [1.165, 1.54) is 16.3 Å². The van der Waals surface area contributed by atoms with Crippen LogP contribution in [0.15, 0.2) is 12.1 Å². The molecule has 0 N–H and O–H groups in total. The fraction of sp³-hybridized carbons (Fsp3) is 0.400. The van der Waals surface area contributed by atoms with E-state index in [0.717, 1.165) is 23.5 Å². The Kier molecular flexibility index (Phi) is 7.59. The van der Waals surface area contributed by atoms with Crippen LogP contribution in [0.5, 0.6) is 5.75 Å². The van der Waals surface area contributed by atoms with E-state index in [2.05, 4.69) is 19.7 Å². The van der Waals surface area contributed by atoms with Crippen molar-refractivity contribution < 1.29 is 21.1 Å². The Labute approximate surface area is 96.9 Å². The van der Waals surface area contributed by atoms with E-state index in [1.54, 1.807) is 0 Å². The summed E-state index contributed by atoms with van der Waals surface area (Å²) in [6, 6.07) is 7.18. The van der Waals surface area contributed by atoms with Crippen LogP contribution in [0, 0.1) is 19.9 Å². The summed E-state index contributed by atoms with van der Waals surface area (Å²) in [6.45, 7) is 6.76. The van der Waals surface area contributed by atoms with Crippen LogP contribution < -0.4 is 4.74 Å². The molecule has 13 heavy (non-hydrogen) atoms. The number of aryl methyl sites for hydroxylation is 2. The SMILES string of the molecule is CCOc1cc(C)[c-]c(C)c1.[Zn+][Br]. The van der Waals surface area contributed by atoms with Crippen LogP contribution in [0.2, 0.25) is 0 Å². The molecule has 0 saturated heterocycles. The quantitative estimate of drug-likeness (QED) is 0.600. The number of benzene rings is 1. The van der Waals surface area contributed by atoms with Crippen LogP contribution in [0.1, 0.15) is 18.1 Å². The molecule has 0 spiro atoms. The number of rotatable bonds is 2. The molecular formula is C10H13BrOZn. The molecule has 68 valence electrons. The van der Waals surface area contributed by atoms with Crippen LogP contribution in [-0.2, 0) is 16.3 Å². The van der Waals surface area contributed by atoms with Gasteiger partial charge in [-0.05, 0) is 6.92 Å². The Bertz CT molecular complexity index is 230. The molecular weight excluding hydrogens is 281 g/mol. The standard InChI is InChI=1S/C10H13O.BrH.Zn/c1-4-11-10-6-8(2)5-9(3)7-10;;/h6-7H,4H2,1-3H3;1H;/q-1;;+2/p-1. The fourth-order valence-corrected chi connectivity index (χ4v) is 1.10. The van der Waals surface area contributed by atoms with Crippen molar-refractivity contribution in [3.05, 3.63) is 29.3 Å². The first-order valence-corrected chi connectivity index (χ1v) is 11.1. The van der Waals surface area contributed by atoms with Gasteiger partial charge in [-0.25, -0.2) is 0 Å². The second-order valence-electron chi connectivity index (χ2n) is 2.62. The second-order valence-corrected chi connectivity index (χ2v) is 2.62. The molecule has 0 aliphatic carbocycles. The van der Waals surface area contributed by atoms with Crippen molar-refractivity contribution in [2.75, 3.05) is 6.61 Å². The molecule has 0 amide bonds. The van der Waals surface area contributed by atoms with Crippen molar-refractivity contribution in [3.63, 3.8) is 0 Å². The third-order valence-electron chi connectivity index (χ3n) is 1.42. The summed E-state index contributed by atoms with van der Waals surface area (Å²) in [4.78, 5) is 0. The van der Waals surface area contributed by atoms with Gasteiger partial charge in [0.2, 0.25) is 0 Å². The van der Waals surface area contributed by atoms with E-state index < -0.39 is 0 Å². The Hall–Kier alpha value is 0.123. The normalized spacial score (nSPS) is 8.77. The first-order chi connectivity index (χ1) is 6.22. The van der Waals surface area contributed by atoms with Crippen LogP contribution in [-0.4, -0.2) is 6.61 Å². The van der Waals surface area contributed by atoms with Crippen LogP contribution in [0.4, 0.5) is 0 Å². The minimum atomic E-state index is 0.725. The Morgan fingerprint density at radius 2 is 1.77 bits per heavy atom. The van der Waals surface area contributed by atoms with E-state index in [-0.39, 0.29) is 0 Å². The second kappa shape index (κ2) is 7.52. The predicted octanol–water partition coefficient (Wildman–Crippen LogP) is 3.35. The van der Waals surface area contributed by atoms with Gasteiger partial charge in [-0.15, -0.1) is 12.1 Å². The van der Waals surface area contributed by atoms with Gasteiger partial charge in [-0.3, -0.25) is 0 Å². The zero-order valence-corrected chi connectivity index (χ0v) is 12.9. The van der Waals surface area contributed by atoms with E-state index >= 15 is 0 Å². The minimum absolute atomic E-state index is 0.725. The summed E-state index contributed by atoms with van der Waals surface area (Å²) in [5.41, 5.74) is 2.27. The van der Waals surface area contributed by atoms with Crippen LogP contribution in [0.25, 0.3) is 0 Å². The molecule has 0 aliphatic rings. The summed E-state index contributed by atoms with van der Waals surface area (Å²) < 4.78 is 5.35. The number of hydrogen-bond acceptors (Lipinski definition) is 1. The van der Waals surface area contributed by atoms with Gasteiger partial charge in [0.1, 0.15) is 0 Å². The van der Waals surface area contributed by atoms with E-state index in [0.29, 0.717) is 0 Å². The number of ether oxygens (including phenoxy) is 1. The number of halogens is 1. The zero-order valence-electron chi connectivity index (χ0n) is 8.36. The van der Waals surface area contributed by atoms with Crippen molar-refractivity contribution in [2.24, 2.45) is 0 Å². The van der Waals surface area contributed by atoms with Crippen molar-refractivity contribution in [3.8, 4) is 5.75 Å². The summed E-state index contributed by atoms with van der Waals surface area (Å²) in [6.07, 6.45) is 0. The summed E-state index contributed by atoms with van der Waals surface area (Å²) in [7, 11) is 0. The molecule has 0 aromatic heterocycles. The molecule has 1 aromatic carbocycles. The molecule has 1 aromatic rings. The molecule has 0 heterocycles. The van der Waals surface area contributed by atoms with Gasteiger partial charge in [0.25, 0.3) is 0 Å². The molecule has 0 aliphatic heterocycles. The molecule has 0 saturated carbocycles. The monoisotopic (exact) mass is 292 g/mol. The zero-order chi connectivity index (χ0) is 10.3. The topological polar surface area (TPSA) is 9.23 Å². The van der Waals surface area contributed by atoms with E-state index in [9.17, 15) is 0 Å². The Morgan fingerprint density at radius 1 is 1.31 bits per heavy atom. The van der Waals surface area contributed by atoms with Gasteiger partial charge < -0.3 is 4.74 Å². The Balaban J connectivity index is 0.000000671. The van der Waals surface area contributed by atoms with Crippen LogP contribution in [0.3, 0.4) is 0 Å². The van der Waals surface area contributed by atoms with Gasteiger partial charge in [0, 0.05) is 5.75 Å². The van der Waals surface area contributed by atoms with Crippen molar-refractivity contribution >= 4 is 13.6 Å². The molecule has 0 radical (unpaired) electrons. The van der Waals surface area contributed by atoms with Gasteiger partial charge in [-0.1, -0.05) is 13.8 Å². The molecule has 0 unspecified atom stereocenters. The summed E-state index contributed by atoms with van der Waals surface area (Å²) >= 11 is 4.25. The van der Waals surface area contributed by atoms with E-state index in [4.69, 9.17) is 4.74 Å². The molecule has 1 rings (SSSR count). The van der Waals surface area contributed by atoms with Crippen molar-refractivity contribution in [1.82, 2.24) is 0 Å².